The Hall–Kier alpha value is -1.32. The summed E-state index contributed by atoms with van der Waals surface area (Å²) in [6.45, 7) is 6.27. The second kappa shape index (κ2) is 5.53. The Labute approximate surface area is 91.3 Å². The number of hydrogen-bond acceptors (Lipinski definition) is 4. The minimum atomic E-state index is 0.334. The topological polar surface area (TPSA) is 63.8 Å². The summed E-state index contributed by atoms with van der Waals surface area (Å²) in [5, 5.41) is 3.33. The smallest absolute Gasteiger partial charge is 0.222 e. The van der Waals surface area contributed by atoms with Crippen molar-refractivity contribution in [3.8, 4) is 0 Å². The zero-order valence-electron chi connectivity index (χ0n) is 9.75. The van der Waals surface area contributed by atoms with Crippen LogP contribution in [-0.4, -0.2) is 16.0 Å². The summed E-state index contributed by atoms with van der Waals surface area (Å²) in [6, 6.07) is 2.34. The Morgan fingerprint density at radius 3 is 2.80 bits per heavy atom. The number of nitrogens with one attached hydrogen (secondary N) is 1. The molecular formula is C11H20N4. The summed E-state index contributed by atoms with van der Waals surface area (Å²) in [4.78, 5) is 8.17. The molecule has 0 saturated heterocycles. The molecule has 0 bridgehead atoms. The maximum atomic E-state index is 5.57. The van der Waals surface area contributed by atoms with Gasteiger partial charge in [0, 0.05) is 17.8 Å². The molecule has 0 fully saturated rings. The Morgan fingerprint density at radius 1 is 1.47 bits per heavy atom. The van der Waals surface area contributed by atoms with Gasteiger partial charge in [0.15, 0.2) is 0 Å². The third-order valence-corrected chi connectivity index (χ3v) is 2.26. The van der Waals surface area contributed by atoms with E-state index in [0.717, 1.165) is 17.9 Å². The third-order valence-electron chi connectivity index (χ3n) is 2.26. The zero-order valence-corrected chi connectivity index (χ0v) is 9.75. The van der Waals surface area contributed by atoms with Gasteiger partial charge in [0.25, 0.3) is 0 Å². The van der Waals surface area contributed by atoms with E-state index in [4.69, 9.17) is 5.73 Å². The molecule has 3 N–H and O–H groups in total. The first kappa shape index (κ1) is 11.8. The highest BCUT2D eigenvalue weighted by atomic mass is 15.1. The molecule has 84 valence electrons. The first-order chi connectivity index (χ1) is 7.11. The maximum Gasteiger partial charge on any atom is 0.222 e. The lowest BCUT2D eigenvalue weighted by molar-refractivity contribution is 0.643. The number of aryl methyl sites for hydroxylation is 1. The molecule has 0 aliphatic carbocycles. The van der Waals surface area contributed by atoms with Crippen molar-refractivity contribution in [1.29, 1.82) is 0 Å². The largest absolute Gasteiger partial charge is 0.368 e. The van der Waals surface area contributed by atoms with Crippen LogP contribution in [0.5, 0.6) is 0 Å². The van der Waals surface area contributed by atoms with Crippen LogP contribution in [0.1, 0.15) is 38.8 Å². The Kier molecular flexibility index (Phi) is 4.34. The highest BCUT2D eigenvalue weighted by Crippen LogP contribution is 2.11. The number of nitrogens with two attached hydrogens (primary N) is 1. The minimum Gasteiger partial charge on any atom is -0.368 e. The fourth-order valence-electron chi connectivity index (χ4n) is 1.50. The van der Waals surface area contributed by atoms with Crippen LogP contribution in [-0.2, 0) is 0 Å². The molecule has 1 atom stereocenters. The lowest BCUT2D eigenvalue weighted by Gasteiger charge is -2.14. The van der Waals surface area contributed by atoms with Crippen LogP contribution in [0.3, 0.4) is 0 Å². The van der Waals surface area contributed by atoms with E-state index in [-0.39, 0.29) is 0 Å². The summed E-state index contributed by atoms with van der Waals surface area (Å²) in [5.41, 5.74) is 6.47. The molecule has 0 aliphatic heterocycles. The summed E-state index contributed by atoms with van der Waals surface area (Å²) in [7, 11) is 0. The monoisotopic (exact) mass is 208 g/mol. The third kappa shape index (κ3) is 4.14. The van der Waals surface area contributed by atoms with Crippen molar-refractivity contribution in [2.75, 3.05) is 11.1 Å². The molecule has 0 radical (unpaired) electrons. The van der Waals surface area contributed by atoms with Gasteiger partial charge in [-0.1, -0.05) is 19.8 Å². The molecule has 1 rings (SSSR count). The number of nitrogens with zero attached hydrogens (tertiary/aromatic N) is 2. The van der Waals surface area contributed by atoms with E-state index in [9.17, 15) is 0 Å². The van der Waals surface area contributed by atoms with E-state index < -0.39 is 0 Å². The first-order valence-corrected chi connectivity index (χ1v) is 5.49. The molecule has 0 aliphatic rings. The van der Waals surface area contributed by atoms with Gasteiger partial charge in [-0.2, -0.15) is 4.98 Å². The molecule has 1 aromatic rings. The summed E-state index contributed by atoms with van der Waals surface area (Å²) >= 11 is 0. The molecule has 1 aromatic heterocycles. The zero-order chi connectivity index (χ0) is 11.3. The lowest BCUT2D eigenvalue weighted by atomic mass is 10.1. The molecule has 1 unspecified atom stereocenters. The molecule has 15 heavy (non-hydrogen) atoms. The molecule has 4 heteroatoms. The molecule has 4 nitrogen and oxygen atoms in total. The van der Waals surface area contributed by atoms with E-state index in [1.165, 1.54) is 12.8 Å². The van der Waals surface area contributed by atoms with Gasteiger partial charge in [0.05, 0.1) is 0 Å². The molecule has 0 spiro atoms. The Balaban J connectivity index is 2.56. The van der Waals surface area contributed by atoms with Crippen LogP contribution >= 0.6 is 0 Å². The van der Waals surface area contributed by atoms with Crippen molar-refractivity contribution in [3.63, 3.8) is 0 Å². The van der Waals surface area contributed by atoms with Gasteiger partial charge < -0.3 is 11.1 Å². The average molecular weight is 208 g/mol. The van der Waals surface area contributed by atoms with Crippen molar-refractivity contribution in [2.45, 2.75) is 46.1 Å². The normalized spacial score (nSPS) is 12.5. The van der Waals surface area contributed by atoms with E-state index >= 15 is 0 Å². The van der Waals surface area contributed by atoms with Gasteiger partial charge in [-0.05, 0) is 20.3 Å². The van der Waals surface area contributed by atoms with Crippen molar-refractivity contribution >= 4 is 11.8 Å². The number of hydrogen-bond donors (Lipinski definition) is 2. The minimum absolute atomic E-state index is 0.334. The molecular weight excluding hydrogens is 188 g/mol. The SMILES string of the molecule is CCCCC(C)Nc1cc(C)nc(N)n1. The molecule has 0 aromatic carbocycles. The Bertz CT molecular complexity index is 291. The van der Waals surface area contributed by atoms with E-state index in [2.05, 4.69) is 29.1 Å². The number of rotatable bonds is 5. The van der Waals surface area contributed by atoms with Crippen LogP contribution in [0, 0.1) is 6.92 Å². The van der Waals surface area contributed by atoms with Crippen LogP contribution in [0.15, 0.2) is 6.07 Å². The number of aromatic nitrogens is 2. The highest BCUT2D eigenvalue weighted by molar-refractivity contribution is 5.40. The van der Waals surface area contributed by atoms with Gasteiger partial charge in [-0.25, -0.2) is 4.98 Å². The lowest BCUT2D eigenvalue weighted by Crippen LogP contribution is -2.16. The second-order valence-electron chi connectivity index (χ2n) is 3.94. The van der Waals surface area contributed by atoms with Crippen LogP contribution < -0.4 is 11.1 Å². The predicted octanol–water partition coefficient (Wildman–Crippen LogP) is 2.36. The van der Waals surface area contributed by atoms with E-state index in [1.54, 1.807) is 0 Å². The van der Waals surface area contributed by atoms with Crippen molar-refractivity contribution in [2.24, 2.45) is 0 Å². The summed E-state index contributed by atoms with van der Waals surface area (Å²) in [5.74, 6) is 1.16. The van der Waals surface area contributed by atoms with E-state index in [1.807, 2.05) is 13.0 Å². The molecule has 1 heterocycles. The van der Waals surface area contributed by atoms with Gasteiger partial charge in [-0.15, -0.1) is 0 Å². The van der Waals surface area contributed by atoms with Crippen molar-refractivity contribution in [3.05, 3.63) is 11.8 Å². The van der Waals surface area contributed by atoms with Gasteiger partial charge in [0.2, 0.25) is 5.95 Å². The van der Waals surface area contributed by atoms with Gasteiger partial charge in [0.1, 0.15) is 5.82 Å². The van der Waals surface area contributed by atoms with Crippen LogP contribution in [0.4, 0.5) is 11.8 Å². The second-order valence-corrected chi connectivity index (χ2v) is 3.94. The predicted molar refractivity (Wildman–Crippen MR) is 63.8 cm³/mol. The maximum absolute atomic E-state index is 5.57. The van der Waals surface area contributed by atoms with Gasteiger partial charge >= 0.3 is 0 Å². The summed E-state index contributed by atoms with van der Waals surface area (Å²) in [6.07, 6.45) is 3.60. The van der Waals surface area contributed by atoms with Crippen molar-refractivity contribution in [1.82, 2.24) is 9.97 Å². The van der Waals surface area contributed by atoms with Crippen LogP contribution in [0.25, 0.3) is 0 Å². The standard InChI is InChI=1S/C11H20N4/c1-4-5-6-8(2)13-10-7-9(3)14-11(12)15-10/h7-8H,4-6H2,1-3H3,(H3,12,13,14,15). The Morgan fingerprint density at radius 2 is 2.20 bits per heavy atom. The van der Waals surface area contributed by atoms with Crippen molar-refractivity contribution < 1.29 is 0 Å². The number of anilines is 2. The fourth-order valence-corrected chi connectivity index (χ4v) is 1.50. The van der Waals surface area contributed by atoms with Crippen LogP contribution in [0.2, 0.25) is 0 Å². The van der Waals surface area contributed by atoms with E-state index in [0.29, 0.717) is 12.0 Å². The first-order valence-electron chi connectivity index (χ1n) is 5.49. The molecule has 0 amide bonds. The fraction of sp³-hybridized carbons (Fsp3) is 0.636. The molecule has 0 saturated carbocycles. The van der Waals surface area contributed by atoms with Gasteiger partial charge in [-0.3, -0.25) is 0 Å². The highest BCUT2D eigenvalue weighted by Gasteiger charge is 2.03. The number of nitrogen functional groups attached to an aromatic ring is 1. The summed E-state index contributed by atoms with van der Waals surface area (Å²) < 4.78 is 0. The number of unbranched alkanes of at least 4 members (excludes halogenated alkanes) is 1. The quantitative estimate of drug-likeness (QED) is 0.779. The average Bonchev–Trinajstić information content (AvgIpc) is 2.13.